The first-order valence-electron chi connectivity index (χ1n) is 4.36. The van der Waals surface area contributed by atoms with Crippen LogP contribution in [0.15, 0.2) is 24.3 Å². The van der Waals surface area contributed by atoms with E-state index in [-0.39, 0.29) is 0 Å². The number of phenols is 1. The number of nitrogens with one attached hydrogen (secondary N) is 1. The summed E-state index contributed by atoms with van der Waals surface area (Å²) in [6.07, 6.45) is 0. The lowest BCUT2D eigenvalue weighted by atomic mass is 10.3. The third kappa shape index (κ3) is 3.80. The second-order valence-corrected chi connectivity index (χ2v) is 3.28. The maximum Gasteiger partial charge on any atom is 0.115 e. The minimum atomic E-state index is 0.304. The van der Waals surface area contributed by atoms with Gasteiger partial charge in [0.25, 0.3) is 0 Å². The maximum atomic E-state index is 9.03. The fourth-order valence-corrected chi connectivity index (χ4v) is 1.00. The van der Waals surface area contributed by atoms with E-state index in [9.17, 15) is 0 Å². The van der Waals surface area contributed by atoms with Crippen LogP contribution in [0.25, 0.3) is 0 Å². The number of likely N-dealkylation sites (N-methyl/N-ethyl adjacent to an activating group) is 1. The molecular formula is C10H16N2O. The number of phenolic OH excluding ortho intramolecular Hbond substituents is 1. The van der Waals surface area contributed by atoms with E-state index in [1.165, 1.54) is 0 Å². The van der Waals surface area contributed by atoms with Crippen molar-refractivity contribution < 1.29 is 5.11 Å². The summed E-state index contributed by atoms with van der Waals surface area (Å²) < 4.78 is 0. The first-order valence-corrected chi connectivity index (χ1v) is 4.36. The number of nitrogens with zero attached hydrogens (tertiary/aromatic N) is 1. The van der Waals surface area contributed by atoms with E-state index in [1.807, 2.05) is 26.2 Å². The van der Waals surface area contributed by atoms with Crippen LogP contribution < -0.4 is 5.32 Å². The minimum Gasteiger partial charge on any atom is -0.508 e. The van der Waals surface area contributed by atoms with Gasteiger partial charge in [-0.1, -0.05) is 0 Å². The Morgan fingerprint density at radius 1 is 1.23 bits per heavy atom. The standard InChI is InChI=1S/C10H16N2O/c1-12(2)8-7-11-9-3-5-10(13)6-4-9/h3-6,11,13H,7-8H2,1-2H3. The average Bonchev–Trinajstić information content (AvgIpc) is 2.08. The van der Waals surface area contributed by atoms with Gasteiger partial charge in [-0.25, -0.2) is 0 Å². The van der Waals surface area contributed by atoms with Crippen LogP contribution in [0.3, 0.4) is 0 Å². The molecule has 0 aliphatic carbocycles. The largest absolute Gasteiger partial charge is 0.508 e. The third-order valence-electron chi connectivity index (χ3n) is 1.76. The van der Waals surface area contributed by atoms with Gasteiger partial charge in [0, 0.05) is 18.8 Å². The fraction of sp³-hybridized carbons (Fsp3) is 0.400. The Morgan fingerprint density at radius 3 is 2.38 bits per heavy atom. The molecule has 0 aromatic heterocycles. The highest BCUT2D eigenvalue weighted by Gasteiger charge is 1.92. The molecule has 0 amide bonds. The van der Waals surface area contributed by atoms with Gasteiger partial charge < -0.3 is 15.3 Å². The van der Waals surface area contributed by atoms with Crippen molar-refractivity contribution in [2.75, 3.05) is 32.5 Å². The van der Waals surface area contributed by atoms with E-state index < -0.39 is 0 Å². The second-order valence-electron chi connectivity index (χ2n) is 3.28. The van der Waals surface area contributed by atoms with Crippen molar-refractivity contribution in [3.05, 3.63) is 24.3 Å². The molecule has 2 N–H and O–H groups in total. The van der Waals surface area contributed by atoms with E-state index in [4.69, 9.17) is 5.11 Å². The van der Waals surface area contributed by atoms with Gasteiger partial charge in [0.1, 0.15) is 5.75 Å². The molecule has 0 fully saturated rings. The van der Waals surface area contributed by atoms with Gasteiger partial charge in [-0.3, -0.25) is 0 Å². The Hall–Kier alpha value is -1.22. The minimum absolute atomic E-state index is 0.304. The molecule has 0 saturated heterocycles. The molecule has 1 aromatic rings. The number of anilines is 1. The molecule has 1 rings (SSSR count). The van der Waals surface area contributed by atoms with Gasteiger partial charge in [0.05, 0.1) is 0 Å². The highest BCUT2D eigenvalue weighted by molar-refractivity contribution is 5.45. The summed E-state index contributed by atoms with van der Waals surface area (Å²) in [4.78, 5) is 2.12. The Kier molecular flexibility index (Phi) is 3.58. The summed E-state index contributed by atoms with van der Waals surface area (Å²) in [5.74, 6) is 0.304. The van der Waals surface area contributed by atoms with E-state index in [0.717, 1.165) is 18.8 Å². The summed E-state index contributed by atoms with van der Waals surface area (Å²) in [5, 5.41) is 12.3. The lowest BCUT2D eigenvalue weighted by Gasteiger charge is -2.11. The average molecular weight is 180 g/mol. The van der Waals surface area contributed by atoms with E-state index in [2.05, 4.69) is 10.2 Å². The summed E-state index contributed by atoms with van der Waals surface area (Å²) >= 11 is 0. The van der Waals surface area contributed by atoms with Crippen LogP contribution in [0.1, 0.15) is 0 Å². The van der Waals surface area contributed by atoms with Crippen molar-refractivity contribution in [1.82, 2.24) is 4.90 Å². The molecule has 0 heterocycles. The summed E-state index contributed by atoms with van der Waals surface area (Å²) in [5.41, 5.74) is 1.04. The predicted molar refractivity (Wildman–Crippen MR) is 55.2 cm³/mol. The van der Waals surface area contributed by atoms with Gasteiger partial charge in [-0.15, -0.1) is 0 Å². The van der Waals surface area contributed by atoms with Crippen LogP contribution in [0.4, 0.5) is 5.69 Å². The van der Waals surface area contributed by atoms with Crippen LogP contribution in [-0.4, -0.2) is 37.2 Å². The zero-order valence-electron chi connectivity index (χ0n) is 8.12. The van der Waals surface area contributed by atoms with Crippen molar-refractivity contribution in [2.24, 2.45) is 0 Å². The quantitative estimate of drug-likeness (QED) is 0.687. The highest BCUT2D eigenvalue weighted by atomic mass is 16.3. The molecule has 3 heteroatoms. The zero-order valence-corrected chi connectivity index (χ0v) is 8.12. The van der Waals surface area contributed by atoms with Crippen molar-refractivity contribution in [2.45, 2.75) is 0 Å². The zero-order chi connectivity index (χ0) is 9.68. The Morgan fingerprint density at radius 2 is 1.85 bits per heavy atom. The van der Waals surface area contributed by atoms with Crippen LogP contribution >= 0.6 is 0 Å². The first-order chi connectivity index (χ1) is 6.18. The summed E-state index contributed by atoms with van der Waals surface area (Å²) in [7, 11) is 4.08. The van der Waals surface area contributed by atoms with Gasteiger partial charge in [-0.05, 0) is 38.4 Å². The topological polar surface area (TPSA) is 35.5 Å². The SMILES string of the molecule is CN(C)CCNc1ccc(O)cc1. The van der Waals surface area contributed by atoms with Crippen LogP contribution in [0.2, 0.25) is 0 Å². The van der Waals surface area contributed by atoms with Crippen molar-refractivity contribution in [3.63, 3.8) is 0 Å². The van der Waals surface area contributed by atoms with Crippen LogP contribution in [-0.2, 0) is 0 Å². The molecule has 0 saturated carbocycles. The maximum absolute atomic E-state index is 9.03. The summed E-state index contributed by atoms with van der Waals surface area (Å²) in [6, 6.07) is 7.09. The van der Waals surface area contributed by atoms with Crippen LogP contribution in [0.5, 0.6) is 5.75 Å². The molecular weight excluding hydrogens is 164 g/mol. The molecule has 0 spiro atoms. The van der Waals surface area contributed by atoms with E-state index >= 15 is 0 Å². The number of hydrogen-bond acceptors (Lipinski definition) is 3. The van der Waals surface area contributed by atoms with Gasteiger partial charge >= 0.3 is 0 Å². The molecule has 0 aliphatic rings. The predicted octanol–water partition coefficient (Wildman–Crippen LogP) is 1.37. The Labute approximate surface area is 79.0 Å². The summed E-state index contributed by atoms with van der Waals surface area (Å²) in [6.45, 7) is 1.92. The lowest BCUT2D eigenvalue weighted by molar-refractivity contribution is 0.425. The van der Waals surface area contributed by atoms with Crippen molar-refractivity contribution in [1.29, 1.82) is 0 Å². The Bertz CT molecular complexity index is 244. The van der Waals surface area contributed by atoms with Crippen molar-refractivity contribution >= 4 is 5.69 Å². The monoisotopic (exact) mass is 180 g/mol. The van der Waals surface area contributed by atoms with Gasteiger partial charge in [0.15, 0.2) is 0 Å². The van der Waals surface area contributed by atoms with E-state index in [1.54, 1.807) is 12.1 Å². The molecule has 3 nitrogen and oxygen atoms in total. The van der Waals surface area contributed by atoms with Gasteiger partial charge in [-0.2, -0.15) is 0 Å². The third-order valence-corrected chi connectivity index (χ3v) is 1.76. The van der Waals surface area contributed by atoms with Crippen molar-refractivity contribution in [3.8, 4) is 5.75 Å². The normalized spacial score (nSPS) is 10.4. The molecule has 0 bridgehead atoms. The molecule has 1 aromatic carbocycles. The number of benzene rings is 1. The molecule has 13 heavy (non-hydrogen) atoms. The highest BCUT2D eigenvalue weighted by Crippen LogP contribution is 2.12. The number of hydrogen-bond donors (Lipinski definition) is 2. The fourth-order valence-electron chi connectivity index (χ4n) is 1.00. The molecule has 0 unspecified atom stereocenters. The Balaban J connectivity index is 2.33. The first kappa shape index (κ1) is 9.86. The number of rotatable bonds is 4. The van der Waals surface area contributed by atoms with E-state index in [0.29, 0.717) is 5.75 Å². The lowest BCUT2D eigenvalue weighted by Crippen LogP contribution is -2.20. The molecule has 0 atom stereocenters. The molecule has 0 aliphatic heterocycles. The smallest absolute Gasteiger partial charge is 0.115 e. The van der Waals surface area contributed by atoms with Gasteiger partial charge in [0.2, 0.25) is 0 Å². The number of aromatic hydroxyl groups is 1. The molecule has 72 valence electrons. The molecule has 0 radical (unpaired) electrons. The second kappa shape index (κ2) is 4.72. The van der Waals surface area contributed by atoms with Crippen LogP contribution in [0, 0.1) is 0 Å².